The van der Waals surface area contributed by atoms with Gasteiger partial charge in [-0.05, 0) is 12.8 Å². The second-order valence-electron chi connectivity index (χ2n) is 3.63. The van der Waals surface area contributed by atoms with Gasteiger partial charge in [-0.3, -0.25) is 4.79 Å². The van der Waals surface area contributed by atoms with Crippen LogP contribution in [0, 0.1) is 6.54 Å². The molecule has 1 aliphatic heterocycles. The first-order valence-corrected chi connectivity index (χ1v) is 5.26. The fraction of sp³-hybridized carbons (Fsp3) is 0.545. The average molecular weight is 225 g/mol. The first kappa shape index (κ1) is 12.5. The predicted molar refractivity (Wildman–Crippen MR) is 59.4 cm³/mol. The van der Waals surface area contributed by atoms with Gasteiger partial charge in [-0.2, -0.15) is 0 Å². The molecule has 16 heavy (non-hydrogen) atoms. The summed E-state index contributed by atoms with van der Waals surface area (Å²) in [6.45, 7) is 6.26. The van der Waals surface area contributed by atoms with Crippen molar-refractivity contribution in [3.8, 4) is 0 Å². The van der Waals surface area contributed by atoms with Crippen molar-refractivity contribution in [2.24, 2.45) is 0 Å². The Kier molecular flexibility index (Phi) is 4.82. The number of likely N-dealkylation sites (tertiary alicyclic amines) is 1. The Morgan fingerprint density at radius 3 is 2.94 bits per heavy atom. The number of carbonyl (C=O) groups excluding carboxylic acids is 2. The van der Waals surface area contributed by atoms with E-state index in [2.05, 4.69) is 6.58 Å². The average Bonchev–Trinajstić information content (AvgIpc) is 2.79. The highest BCUT2D eigenvalue weighted by Crippen LogP contribution is 2.12. The molecule has 0 spiro atoms. The van der Waals surface area contributed by atoms with E-state index in [0.29, 0.717) is 0 Å². The number of nitrogens with zero attached hydrogens (tertiary/aromatic N) is 2. The van der Waals surface area contributed by atoms with Crippen molar-refractivity contribution in [3.63, 3.8) is 0 Å². The smallest absolute Gasteiger partial charge is 0.410 e. The van der Waals surface area contributed by atoms with E-state index in [0.717, 1.165) is 19.4 Å². The van der Waals surface area contributed by atoms with E-state index in [1.807, 2.05) is 6.54 Å². The Morgan fingerprint density at radius 2 is 2.38 bits per heavy atom. The number of rotatable bonds is 4. The molecule has 5 heteroatoms. The second kappa shape index (κ2) is 6.15. The summed E-state index contributed by atoms with van der Waals surface area (Å²) in [4.78, 5) is 25.9. The van der Waals surface area contributed by atoms with E-state index in [1.165, 1.54) is 11.0 Å². The molecule has 1 rings (SSSR count). The molecule has 1 fully saturated rings. The zero-order chi connectivity index (χ0) is 12.0. The molecule has 0 unspecified atom stereocenters. The number of likely N-dealkylation sites (N-methyl/N-ethyl adjacent to an activating group) is 1. The van der Waals surface area contributed by atoms with Gasteiger partial charge in [0.1, 0.15) is 13.2 Å². The van der Waals surface area contributed by atoms with Crippen molar-refractivity contribution in [2.45, 2.75) is 12.8 Å². The molecule has 1 radical (unpaired) electrons. The van der Waals surface area contributed by atoms with E-state index in [4.69, 9.17) is 4.74 Å². The van der Waals surface area contributed by atoms with Gasteiger partial charge in [-0.25, -0.2) is 4.79 Å². The molecule has 1 aliphatic rings. The van der Waals surface area contributed by atoms with Gasteiger partial charge < -0.3 is 14.5 Å². The number of amides is 2. The normalized spacial score (nSPS) is 14.7. The lowest BCUT2D eigenvalue weighted by Crippen LogP contribution is -2.39. The van der Waals surface area contributed by atoms with Crippen molar-refractivity contribution < 1.29 is 14.3 Å². The molecule has 0 atom stereocenters. The molecule has 89 valence electrons. The van der Waals surface area contributed by atoms with Crippen LogP contribution in [0.5, 0.6) is 0 Å². The van der Waals surface area contributed by atoms with Crippen LogP contribution >= 0.6 is 0 Å². The van der Waals surface area contributed by atoms with Gasteiger partial charge in [-0.15, -0.1) is 0 Å². The summed E-state index contributed by atoms with van der Waals surface area (Å²) in [5.74, 6) is -0.0736. The minimum atomic E-state index is -0.507. The molecule has 0 aliphatic carbocycles. The maximum atomic E-state index is 11.7. The molecule has 0 N–H and O–H groups in total. The molecule has 0 saturated carbocycles. The van der Waals surface area contributed by atoms with Crippen LogP contribution in [0.1, 0.15) is 12.8 Å². The molecule has 5 nitrogen and oxygen atoms in total. The van der Waals surface area contributed by atoms with E-state index < -0.39 is 6.09 Å². The molecule has 0 bridgehead atoms. The van der Waals surface area contributed by atoms with Crippen LogP contribution in [0.4, 0.5) is 4.79 Å². The molecule has 2 amide bonds. The summed E-state index contributed by atoms with van der Waals surface area (Å²) in [5, 5.41) is 0. The molecule has 0 aromatic heterocycles. The highest BCUT2D eigenvalue weighted by atomic mass is 16.6. The fourth-order valence-electron chi connectivity index (χ4n) is 1.43. The zero-order valence-electron chi connectivity index (χ0n) is 9.52. The molecule has 1 saturated heterocycles. The third-order valence-corrected chi connectivity index (χ3v) is 2.28. The first-order chi connectivity index (χ1) is 7.65. The number of hydrogen-bond acceptors (Lipinski definition) is 3. The molecule has 1 heterocycles. The number of hydrogen-bond donors (Lipinski definition) is 0. The van der Waals surface area contributed by atoms with E-state index in [9.17, 15) is 9.59 Å². The minimum Gasteiger partial charge on any atom is -0.445 e. The predicted octanol–water partition coefficient (Wildman–Crippen LogP) is 1.02. The van der Waals surface area contributed by atoms with Crippen LogP contribution in [-0.4, -0.2) is 48.5 Å². The summed E-state index contributed by atoms with van der Waals surface area (Å²) in [7, 11) is 1.54. The monoisotopic (exact) mass is 225 g/mol. The summed E-state index contributed by atoms with van der Waals surface area (Å²) in [6.07, 6.45) is 2.90. The first-order valence-electron chi connectivity index (χ1n) is 5.26. The number of ether oxygens (including phenoxy) is 1. The Hall–Kier alpha value is -1.52. The van der Waals surface area contributed by atoms with Gasteiger partial charge in [0.25, 0.3) is 0 Å². The Balaban J connectivity index is 2.31. The van der Waals surface area contributed by atoms with Crippen molar-refractivity contribution in [2.75, 3.05) is 26.7 Å². The van der Waals surface area contributed by atoms with Crippen LogP contribution in [-0.2, 0) is 9.53 Å². The lowest BCUT2D eigenvalue weighted by atomic mass is 10.4. The van der Waals surface area contributed by atoms with Gasteiger partial charge in [0.2, 0.25) is 5.91 Å². The van der Waals surface area contributed by atoms with Gasteiger partial charge in [0.15, 0.2) is 0 Å². The maximum absolute atomic E-state index is 11.7. The molecule has 0 aromatic rings. The third-order valence-electron chi connectivity index (χ3n) is 2.28. The molecular weight excluding hydrogens is 208 g/mol. The Bertz CT molecular complexity index is 272. The van der Waals surface area contributed by atoms with Crippen molar-refractivity contribution >= 4 is 12.0 Å². The van der Waals surface area contributed by atoms with Gasteiger partial charge in [0, 0.05) is 13.6 Å². The molecular formula is C11H17N2O3. The van der Waals surface area contributed by atoms with Crippen molar-refractivity contribution in [3.05, 3.63) is 19.2 Å². The highest BCUT2D eigenvalue weighted by Gasteiger charge is 2.21. The lowest BCUT2D eigenvalue weighted by Gasteiger charge is -2.20. The summed E-state index contributed by atoms with van der Waals surface area (Å²) in [5.41, 5.74) is 0. The van der Waals surface area contributed by atoms with Gasteiger partial charge in [-0.1, -0.05) is 12.7 Å². The van der Waals surface area contributed by atoms with E-state index in [1.54, 1.807) is 11.9 Å². The zero-order valence-corrected chi connectivity index (χ0v) is 9.52. The summed E-state index contributed by atoms with van der Waals surface area (Å²) < 4.78 is 4.80. The van der Waals surface area contributed by atoms with Crippen molar-refractivity contribution in [1.29, 1.82) is 0 Å². The molecule has 0 aromatic carbocycles. The van der Waals surface area contributed by atoms with E-state index in [-0.39, 0.29) is 19.1 Å². The van der Waals surface area contributed by atoms with Gasteiger partial charge in [0.05, 0.1) is 6.54 Å². The topological polar surface area (TPSA) is 49.9 Å². The SMILES string of the molecule is C=CCOC(=O)N(C)CC(=O)N1[CH]CCC1. The van der Waals surface area contributed by atoms with Crippen LogP contribution in [0.2, 0.25) is 0 Å². The van der Waals surface area contributed by atoms with Crippen molar-refractivity contribution in [1.82, 2.24) is 9.80 Å². The minimum absolute atomic E-state index is 0.0481. The highest BCUT2D eigenvalue weighted by molar-refractivity contribution is 5.82. The summed E-state index contributed by atoms with van der Waals surface area (Å²) in [6, 6.07) is 0. The van der Waals surface area contributed by atoms with Crippen LogP contribution in [0.3, 0.4) is 0 Å². The van der Waals surface area contributed by atoms with Gasteiger partial charge >= 0.3 is 6.09 Å². The third kappa shape index (κ3) is 3.56. The van der Waals surface area contributed by atoms with Crippen LogP contribution in [0.25, 0.3) is 0 Å². The quantitative estimate of drug-likeness (QED) is 0.671. The maximum Gasteiger partial charge on any atom is 0.410 e. The second-order valence-corrected chi connectivity index (χ2v) is 3.63. The van der Waals surface area contributed by atoms with Crippen LogP contribution < -0.4 is 0 Å². The standard InChI is InChI=1S/C11H17N2O3/c1-3-8-16-11(15)12(2)9-10(14)13-6-4-5-7-13/h3,6H,1,4-5,7-9H2,2H3. The Labute approximate surface area is 95.6 Å². The number of carbonyl (C=O) groups is 2. The fourth-order valence-corrected chi connectivity index (χ4v) is 1.43. The van der Waals surface area contributed by atoms with E-state index >= 15 is 0 Å². The largest absolute Gasteiger partial charge is 0.445 e. The summed E-state index contributed by atoms with van der Waals surface area (Å²) >= 11 is 0. The van der Waals surface area contributed by atoms with Crippen LogP contribution in [0.15, 0.2) is 12.7 Å². The lowest BCUT2D eigenvalue weighted by molar-refractivity contribution is -0.129. The Morgan fingerprint density at radius 1 is 1.62 bits per heavy atom.